The highest BCUT2D eigenvalue weighted by Gasteiger charge is 2.37. The fourth-order valence-corrected chi connectivity index (χ4v) is 6.44. The molecule has 5 nitrogen and oxygen atoms in total. The first-order chi connectivity index (χ1) is 13.6. The van der Waals surface area contributed by atoms with E-state index in [0.717, 1.165) is 10.4 Å². The van der Waals surface area contributed by atoms with Gasteiger partial charge in [0.05, 0.1) is 12.3 Å². The van der Waals surface area contributed by atoms with Gasteiger partial charge < -0.3 is 4.98 Å². The van der Waals surface area contributed by atoms with Gasteiger partial charge in [-0.25, -0.2) is 17.2 Å². The fourth-order valence-electron chi connectivity index (χ4n) is 3.54. The lowest BCUT2D eigenvalue weighted by Gasteiger charge is -2.14. The highest BCUT2D eigenvalue weighted by Crippen LogP contribution is 2.33. The van der Waals surface area contributed by atoms with Gasteiger partial charge in [-0.1, -0.05) is 6.92 Å². The lowest BCUT2D eigenvalue weighted by atomic mass is 10.1. The maximum absolute atomic E-state index is 13.2. The second-order valence-electron chi connectivity index (χ2n) is 7.54. The average Bonchev–Trinajstić information content (AvgIpc) is 3.26. The maximum Gasteiger partial charge on any atom is 0.261 e. The molecule has 160 valence electrons. The summed E-state index contributed by atoms with van der Waals surface area (Å²) >= 11 is 1.20. The topological polar surface area (TPSA) is 70.2 Å². The van der Waals surface area contributed by atoms with Crippen LogP contribution in [0, 0.1) is 6.92 Å². The number of hydrogen-bond acceptors (Lipinski definition) is 5. The van der Waals surface area contributed by atoms with Crippen molar-refractivity contribution in [3.8, 4) is 10.4 Å². The number of H-pyrrole nitrogens is 1. The highest BCUT2D eigenvalue weighted by molar-refractivity contribution is 7.93. The molecule has 0 atom stereocenters. The minimum Gasteiger partial charge on any atom is -0.326 e. The number of rotatable bonds is 8. The number of aromatic amines is 1. The number of nitrogens with one attached hydrogen (secondary N) is 1. The summed E-state index contributed by atoms with van der Waals surface area (Å²) in [5.41, 5.74) is 2.09. The van der Waals surface area contributed by atoms with E-state index in [4.69, 9.17) is 0 Å². The first-order valence-electron chi connectivity index (χ1n) is 9.77. The second-order valence-corrected chi connectivity index (χ2v) is 11.0. The number of halogens is 2. The summed E-state index contributed by atoms with van der Waals surface area (Å²) in [6.45, 7) is 4.33. The number of likely N-dealkylation sites (tertiary alicyclic amines) is 1. The molecule has 1 aliphatic rings. The molecule has 29 heavy (non-hydrogen) atoms. The van der Waals surface area contributed by atoms with E-state index in [1.165, 1.54) is 11.3 Å². The Morgan fingerprint density at radius 1 is 1.28 bits per heavy atom. The summed E-state index contributed by atoms with van der Waals surface area (Å²) in [6.07, 6.45) is 1.50. The zero-order chi connectivity index (χ0) is 21.2. The van der Waals surface area contributed by atoms with Crippen molar-refractivity contribution in [2.24, 2.45) is 0 Å². The lowest BCUT2D eigenvalue weighted by molar-refractivity contribution is 0.0121. The van der Waals surface area contributed by atoms with Crippen LogP contribution in [0.25, 0.3) is 10.4 Å². The summed E-state index contributed by atoms with van der Waals surface area (Å²) in [7, 11) is -3.42. The predicted molar refractivity (Wildman–Crippen MR) is 112 cm³/mol. The molecule has 1 fully saturated rings. The third kappa shape index (κ3) is 5.32. The summed E-state index contributed by atoms with van der Waals surface area (Å²) in [5, 5.41) is 0. The van der Waals surface area contributed by atoms with Crippen molar-refractivity contribution in [2.45, 2.75) is 49.7 Å². The molecule has 0 spiro atoms. The quantitative estimate of drug-likeness (QED) is 0.628. The SMILES string of the molecule is CCc1cc(-c2ccc(S(=O)(=O)CCCCN3CCC(F)(F)C3)s2)c(C)[nH]c1=O. The Balaban J connectivity index is 1.63. The van der Waals surface area contributed by atoms with Crippen molar-refractivity contribution in [2.75, 3.05) is 25.4 Å². The van der Waals surface area contributed by atoms with E-state index in [-0.39, 0.29) is 24.3 Å². The molecule has 1 aliphatic heterocycles. The van der Waals surface area contributed by atoms with E-state index in [9.17, 15) is 22.0 Å². The number of hydrogen-bond donors (Lipinski definition) is 1. The van der Waals surface area contributed by atoms with Crippen molar-refractivity contribution in [1.29, 1.82) is 0 Å². The van der Waals surface area contributed by atoms with Crippen LogP contribution in [0.1, 0.15) is 37.4 Å². The van der Waals surface area contributed by atoms with Gasteiger partial charge in [-0.05, 0) is 50.9 Å². The van der Waals surface area contributed by atoms with Crippen LogP contribution in [-0.4, -0.2) is 49.6 Å². The number of aryl methyl sites for hydroxylation is 2. The molecule has 9 heteroatoms. The number of alkyl halides is 2. The van der Waals surface area contributed by atoms with Gasteiger partial charge in [-0.15, -0.1) is 11.3 Å². The van der Waals surface area contributed by atoms with Crippen molar-refractivity contribution in [3.05, 3.63) is 39.8 Å². The third-order valence-corrected chi connectivity index (χ3v) is 8.74. The van der Waals surface area contributed by atoms with Crippen LogP contribution in [-0.2, 0) is 16.3 Å². The summed E-state index contributed by atoms with van der Waals surface area (Å²) in [5.74, 6) is -2.61. The number of thiophene rings is 1. The summed E-state index contributed by atoms with van der Waals surface area (Å²) in [4.78, 5) is 17.2. The average molecular weight is 445 g/mol. The first kappa shape index (κ1) is 22.1. The Hall–Kier alpha value is -1.58. The minimum absolute atomic E-state index is 0.00199. The van der Waals surface area contributed by atoms with Crippen LogP contribution in [0.2, 0.25) is 0 Å². The predicted octanol–water partition coefficient (Wildman–Crippen LogP) is 3.87. The van der Waals surface area contributed by atoms with Crippen molar-refractivity contribution < 1.29 is 17.2 Å². The van der Waals surface area contributed by atoms with Gasteiger partial charge >= 0.3 is 0 Å². The molecule has 3 rings (SSSR count). The molecule has 0 aliphatic carbocycles. The standard InChI is InChI=1S/C20H26F2N2O3S2/c1-3-15-12-16(14(2)23-19(15)25)17-6-7-18(28-17)29(26,27)11-5-4-9-24-10-8-20(21,22)13-24/h6-7,12H,3-5,8-11,13H2,1-2H3,(H,23,25). The number of nitrogens with zero attached hydrogens (tertiary/aromatic N) is 1. The molecule has 3 heterocycles. The van der Waals surface area contributed by atoms with Gasteiger partial charge in [0.1, 0.15) is 4.21 Å². The van der Waals surface area contributed by atoms with E-state index in [2.05, 4.69) is 4.98 Å². The lowest BCUT2D eigenvalue weighted by Crippen LogP contribution is -2.26. The van der Waals surface area contributed by atoms with E-state index in [0.29, 0.717) is 47.8 Å². The van der Waals surface area contributed by atoms with Crippen molar-refractivity contribution in [3.63, 3.8) is 0 Å². The zero-order valence-corrected chi connectivity index (χ0v) is 18.3. The molecular formula is C20H26F2N2O3S2. The van der Waals surface area contributed by atoms with Crippen LogP contribution in [0.4, 0.5) is 8.78 Å². The number of pyridine rings is 1. The second kappa shape index (κ2) is 8.65. The largest absolute Gasteiger partial charge is 0.326 e. The molecule has 0 bridgehead atoms. The van der Waals surface area contributed by atoms with E-state index < -0.39 is 15.8 Å². The Bertz CT molecular complexity index is 1030. The Kier molecular flexibility index (Phi) is 6.60. The minimum atomic E-state index is -3.42. The normalized spacial score (nSPS) is 17.1. The van der Waals surface area contributed by atoms with Gasteiger partial charge in [-0.2, -0.15) is 0 Å². The van der Waals surface area contributed by atoms with Gasteiger partial charge in [0.15, 0.2) is 9.84 Å². The first-order valence-corrected chi connectivity index (χ1v) is 12.2. The Morgan fingerprint density at radius 3 is 2.69 bits per heavy atom. The van der Waals surface area contributed by atoms with Gasteiger partial charge in [0, 0.05) is 34.7 Å². The molecule has 1 N–H and O–H groups in total. The number of sulfone groups is 1. The summed E-state index contributed by atoms with van der Waals surface area (Å²) in [6, 6.07) is 5.19. The molecule has 0 unspecified atom stereocenters. The van der Waals surface area contributed by atoms with Crippen LogP contribution < -0.4 is 5.56 Å². The van der Waals surface area contributed by atoms with Crippen molar-refractivity contribution >= 4 is 21.2 Å². The maximum atomic E-state index is 13.2. The molecule has 0 amide bonds. The number of aromatic nitrogens is 1. The Labute approximate surface area is 173 Å². The highest BCUT2D eigenvalue weighted by atomic mass is 32.2. The van der Waals surface area contributed by atoms with E-state index in [1.54, 1.807) is 24.0 Å². The Morgan fingerprint density at radius 2 is 2.03 bits per heavy atom. The van der Waals surface area contributed by atoms with Crippen LogP contribution in [0.5, 0.6) is 0 Å². The van der Waals surface area contributed by atoms with Crippen LogP contribution in [0.3, 0.4) is 0 Å². The monoisotopic (exact) mass is 444 g/mol. The fraction of sp³-hybridized carbons (Fsp3) is 0.550. The molecular weight excluding hydrogens is 418 g/mol. The van der Waals surface area contributed by atoms with Crippen LogP contribution >= 0.6 is 11.3 Å². The zero-order valence-electron chi connectivity index (χ0n) is 16.6. The van der Waals surface area contributed by atoms with Crippen molar-refractivity contribution in [1.82, 2.24) is 9.88 Å². The molecule has 1 saturated heterocycles. The third-order valence-electron chi connectivity index (χ3n) is 5.24. The van der Waals surface area contributed by atoms with E-state index in [1.807, 2.05) is 13.0 Å². The van der Waals surface area contributed by atoms with Crippen LogP contribution in [0.15, 0.2) is 27.2 Å². The summed E-state index contributed by atoms with van der Waals surface area (Å²) < 4.78 is 52.0. The molecule has 0 saturated carbocycles. The molecule has 2 aromatic rings. The molecule has 0 radical (unpaired) electrons. The molecule has 2 aromatic heterocycles. The van der Waals surface area contributed by atoms with Gasteiger partial charge in [-0.3, -0.25) is 9.69 Å². The molecule has 0 aromatic carbocycles. The smallest absolute Gasteiger partial charge is 0.261 e. The number of unbranched alkanes of at least 4 members (excludes halogenated alkanes) is 1. The van der Waals surface area contributed by atoms with Gasteiger partial charge in [0.25, 0.3) is 11.5 Å². The van der Waals surface area contributed by atoms with E-state index >= 15 is 0 Å². The van der Waals surface area contributed by atoms with Gasteiger partial charge in [0.2, 0.25) is 0 Å².